The number of hydrogen-bond donors (Lipinski definition) is 0. The Labute approximate surface area is 102 Å². The molecule has 2 heterocycles. The smallest absolute Gasteiger partial charge is 0.129 e. The fourth-order valence-corrected chi connectivity index (χ4v) is 3.41. The van der Waals surface area contributed by atoms with E-state index in [2.05, 4.69) is 23.8 Å². The van der Waals surface area contributed by atoms with E-state index in [4.69, 9.17) is 11.6 Å². The summed E-state index contributed by atoms with van der Waals surface area (Å²) in [7, 11) is 0. The van der Waals surface area contributed by atoms with Gasteiger partial charge in [0.2, 0.25) is 0 Å². The molecule has 0 spiro atoms. The van der Waals surface area contributed by atoms with Crippen molar-refractivity contribution in [3.8, 4) is 0 Å². The molecule has 1 atom stereocenters. The average Bonchev–Trinajstić information content (AvgIpc) is 2.61. The molecule has 0 amide bonds. The van der Waals surface area contributed by atoms with Gasteiger partial charge in [0.1, 0.15) is 16.2 Å². The van der Waals surface area contributed by atoms with Crippen LogP contribution in [0.25, 0.3) is 10.2 Å². The van der Waals surface area contributed by atoms with Gasteiger partial charge in [-0.05, 0) is 6.42 Å². The highest BCUT2D eigenvalue weighted by Crippen LogP contribution is 2.36. The fraction of sp³-hybridized carbons (Fsp3) is 0.400. The Balaban J connectivity index is 2.45. The van der Waals surface area contributed by atoms with E-state index in [1.807, 2.05) is 5.38 Å². The zero-order valence-corrected chi connectivity index (χ0v) is 10.9. The second kappa shape index (κ2) is 4.68. The van der Waals surface area contributed by atoms with Crippen LogP contribution in [-0.4, -0.2) is 15.2 Å². The molecule has 0 aliphatic heterocycles. The van der Waals surface area contributed by atoms with Crippen LogP contribution >= 0.6 is 34.7 Å². The number of rotatable bonds is 3. The average molecular weight is 259 g/mol. The number of fused-ring (bicyclic) bond motifs is 1. The quantitative estimate of drug-likeness (QED) is 0.609. The van der Waals surface area contributed by atoms with Crippen molar-refractivity contribution >= 4 is 44.9 Å². The number of thiophene rings is 1. The second-order valence-corrected chi connectivity index (χ2v) is 5.97. The molecule has 80 valence electrons. The van der Waals surface area contributed by atoms with Gasteiger partial charge >= 0.3 is 0 Å². The molecule has 0 fully saturated rings. The lowest BCUT2D eigenvalue weighted by Gasteiger charge is -2.07. The van der Waals surface area contributed by atoms with Crippen molar-refractivity contribution in [3.63, 3.8) is 0 Å². The summed E-state index contributed by atoms with van der Waals surface area (Å²) in [5.41, 5.74) is 0. The number of thioether (sulfide) groups is 1. The molecule has 2 aromatic rings. The predicted molar refractivity (Wildman–Crippen MR) is 68.0 cm³/mol. The molecule has 0 radical (unpaired) electrons. The van der Waals surface area contributed by atoms with E-state index in [1.165, 1.54) is 0 Å². The van der Waals surface area contributed by atoms with Gasteiger partial charge in [-0.2, -0.15) is 0 Å². The Morgan fingerprint density at radius 3 is 3.07 bits per heavy atom. The minimum atomic E-state index is 0.555. The second-order valence-electron chi connectivity index (χ2n) is 3.28. The Morgan fingerprint density at radius 1 is 1.53 bits per heavy atom. The molecule has 0 aliphatic carbocycles. The third kappa shape index (κ3) is 2.27. The van der Waals surface area contributed by atoms with Gasteiger partial charge in [-0.3, -0.25) is 0 Å². The number of aromatic nitrogens is 2. The summed E-state index contributed by atoms with van der Waals surface area (Å²) in [6, 6.07) is 0. The highest BCUT2D eigenvalue weighted by atomic mass is 35.5. The molecule has 0 saturated carbocycles. The van der Waals surface area contributed by atoms with Gasteiger partial charge in [-0.15, -0.1) is 23.1 Å². The minimum absolute atomic E-state index is 0.555. The largest absolute Gasteiger partial charge is 0.229 e. The third-order valence-electron chi connectivity index (χ3n) is 2.18. The molecule has 2 rings (SSSR count). The summed E-state index contributed by atoms with van der Waals surface area (Å²) in [6.07, 6.45) is 2.73. The van der Waals surface area contributed by atoms with Gasteiger partial charge in [0.25, 0.3) is 0 Å². The Hall–Kier alpha value is -0.320. The summed E-state index contributed by atoms with van der Waals surface area (Å²) in [5, 5.41) is 5.25. The molecule has 5 heteroatoms. The van der Waals surface area contributed by atoms with E-state index in [1.54, 1.807) is 29.4 Å². The van der Waals surface area contributed by atoms with Crippen molar-refractivity contribution in [3.05, 3.63) is 16.7 Å². The van der Waals surface area contributed by atoms with Gasteiger partial charge in [-0.25, -0.2) is 9.97 Å². The van der Waals surface area contributed by atoms with E-state index in [-0.39, 0.29) is 0 Å². The summed E-state index contributed by atoms with van der Waals surface area (Å²) >= 11 is 9.45. The fourth-order valence-electron chi connectivity index (χ4n) is 1.18. The van der Waals surface area contributed by atoms with Crippen LogP contribution < -0.4 is 0 Å². The zero-order chi connectivity index (χ0) is 10.8. The van der Waals surface area contributed by atoms with E-state index in [0.29, 0.717) is 5.25 Å². The van der Waals surface area contributed by atoms with E-state index in [9.17, 15) is 0 Å². The zero-order valence-electron chi connectivity index (χ0n) is 8.53. The number of halogens is 1. The summed E-state index contributed by atoms with van der Waals surface area (Å²) in [5.74, 6) is 0. The highest BCUT2D eigenvalue weighted by Gasteiger charge is 2.12. The molecular formula is C10H11ClN2S2. The lowest BCUT2D eigenvalue weighted by molar-refractivity contribution is 0.901. The van der Waals surface area contributed by atoms with Gasteiger partial charge in [-0.1, -0.05) is 25.4 Å². The standard InChI is InChI=1S/C10H11ClN2S2/c1-3-6(2)15-10-8-7(11)4-14-9(8)12-5-13-10/h4-6H,3H2,1-2H3. The molecule has 15 heavy (non-hydrogen) atoms. The van der Waals surface area contributed by atoms with Crippen molar-refractivity contribution in [1.29, 1.82) is 0 Å². The minimum Gasteiger partial charge on any atom is -0.229 e. The number of nitrogens with zero attached hydrogens (tertiary/aromatic N) is 2. The molecule has 0 aromatic carbocycles. The first-order valence-corrected chi connectivity index (χ1v) is 6.90. The van der Waals surface area contributed by atoms with E-state index in [0.717, 1.165) is 26.7 Å². The van der Waals surface area contributed by atoms with Crippen LogP contribution in [-0.2, 0) is 0 Å². The molecule has 2 aromatic heterocycles. The maximum Gasteiger partial charge on any atom is 0.129 e. The van der Waals surface area contributed by atoms with Crippen molar-refractivity contribution in [2.75, 3.05) is 0 Å². The normalized spacial score (nSPS) is 13.3. The first-order chi connectivity index (χ1) is 7.22. The monoisotopic (exact) mass is 258 g/mol. The Kier molecular flexibility index (Phi) is 3.49. The maximum absolute atomic E-state index is 6.12. The third-order valence-corrected chi connectivity index (χ3v) is 4.76. The van der Waals surface area contributed by atoms with E-state index >= 15 is 0 Å². The van der Waals surface area contributed by atoms with Crippen molar-refractivity contribution < 1.29 is 0 Å². The van der Waals surface area contributed by atoms with Crippen molar-refractivity contribution in [1.82, 2.24) is 9.97 Å². The molecule has 0 aliphatic rings. The SMILES string of the molecule is CCC(C)Sc1ncnc2scc(Cl)c12. The van der Waals surface area contributed by atoms with Crippen molar-refractivity contribution in [2.24, 2.45) is 0 Å². The molecule has 0 bridgehead atoms. The molecular weight excluding hydrogens is 248 g/mol. The summed E-state index contributed by atoms with van der Waals surface area (Å²) in [6.45, 7) is 4.37. The van der Waals surface area contributed by atoms with Crippen LogP contribution in [0.15, 0.2) is 16.7 Å². The number of hydrogen-bond acceptors (Lipinski definition) is 4. The molecule has 2 nitrogen and oxygen atoms in total. The maximum atomic E-state index is 6.12. The van der Waals surface area contributed by atoms with E-state index < -0.39 is 0 Å². The first kappa shape index (κ1) is 11.2. The summed E-state index contributed by atoms with van der Waals surface area (Å²) in [4.78, 5) is 9.48. The van der Waals surface area contributed by atoms with Crippen LogP contribution in [0, 0.1) is 0 Å². The lowest BCUT2D eigenvalue weighted by atomic mass is 10.4. The van der Waals surface area contributed by atoms with Gasteiger partial charge < -0.3 is 0 Å². The highest BCUT2D eigenvalue weighted by molar-refractivity contribution is 8.00. The molecule has 0 saturated heterocycles. The van der Waals surface area contributed by atoms with Crippen LogP contribution in [0.2, 0.25) is 5.02 Å². The topological polar surface area (TPSA) is 25.8 Å². The lowest BCUT2D eigenvalue weighted by Crippen LogP contribution is -1.94. The predicted octanol–water partition coefficient (Wildman–Crippen LogP) is 4.24. The van der Waals surface area contributed by atoms with Gasteiger partial charge in [0.15, 0.2) is 0 Å². The Bertz CT molecular complexity index is 469. The summed E-state index contributed by atoms with van der Waals surface area (Å²) < 4.78 is 0. The van der Waals surface area contributed by atoms with Crippen LogP contribution in [0.3, 0.4) is 0 Å². The van der Waals surface area contributed by atoms with Crippen molar-refractivity contribution in [2.45, 2.75) is 30.5 Å². The van der Waals surface area contributed by atoms with Crippen LogP contribution in [0.5, 0.6) is 0 Å². The van der Waals surface area contributed by atoms with Gasteiger partial charge in [0.05, 0.1) is 10.4 Å². The molecule has 0 N–H and O–H groups in total. The van der Waals surface area contributed by atoms with Gasteiger partial charge in [0, 0.05) is 10.6 Å². The van der Waals surface area contributed by atoms with Crippen LogP contribution in [0.4, 0.5) is 0 Å². The van der Waals surface area contributed by atoms with Crippen LogP contribution in [0.1, 0.15) is 20.3 Å². The Morgan fingerprint density at radius 2 is 2.33 bits per heavy atom. The molecule has 1 unspecified atom stereocenters. The first-order valence-electron chi connectivity index (χ1n) is 4.76.